The molecule has 0 saturated carbocycles. The van der Waals surface area contributed by atoms with Crippen LogP contribution in [0, 0.1) is 0 Å². The Bertz CT molecular complexity index is 2980. The molecule has 2 aliphatic rings. The van der Waals surface area contributed by atoms with Crippen LogP contribution in [-0.4, -0.2) is 4.57 Å². The van der Waals surface area contributed by atoms with Crippen molar-refractivity contribution in [3.63, 3.8) is 0 Å². The number of para-hydroxylation sites is 2. The van der Waals surface area contributed by atoms with Crippen molar-refractivity contribution in [3.05, 3.63) is 204 Å². The fourth-order valence-corrected chi connectivity index (χ4v) is 10.0. The molecule has 0 amide bonds. The second kappa shape index (κ2) is 11.9. The summed E-state index contributed by atoms with van der Waals surface area (Å²) in [6.45, 7) is 9.50. The monoisotopic (exact) mass is 718 g/mol. The number of hydrogen-bond donors (Lipinski definition) is 0. The van der Waals surface area contributed by atoms with Crippen molar-refractivity contribution >= 4 is 38.9 Å². The van der Waals surface area contributed by atoms with Gasteiger partial charge in [-0.05, 0) is 98.6 Å². The molecule has 11 rings (SSSR count). The molecule has 0 spiro atoms. The summed E-state index contributed by atoms with van der Waals surface area (Å²) in [5.41, 5.74) is 19.8. The van der Waals surface area contributed by atoms with E-state index in [4.69, 9.17) is 0 Å². The van der Waals surface area contributed by atoms with Crippen molar-refractivity contribution in [2.24, 2.45) is 0 Å². The number of anilines is 3. The van der Waals surface area contributed by atoms with Crippen molar-refractivity contribution in [2.45, 2.75) is 38.5 Å². The first-order valence-corrected chi connectivity index (χ1v) is 19.8. The van der Waals surface area contributed by atoms with Crippen LogP contribution in [0.25, 0.3) is 60.9 Å². The number of fused-ring (bicyclic) bond motifs is 9. The number of nitrogens with zero attached hydrogens (tertiary/aromatic N) is 2. The summed E-state index contributed by atoms with van der Waals surface area (Å²) in [7, 11) is 0. The SMILES string of the molecule is CC1(C)c2ccccc2-c2ccc(N(c3cc(-c4ccccc4)cc(-n4c5ccccc5c5ccccc54)c3)c3cccc4c3-c3ccccc3C4(C)C)cc21. The highest BCUT2D eigenvalue weighted by atomic mass is 15.1. The van der Waals surface area contributed by atoms with Gasteiger partial charge in [-0.15, -0.1) is 0 Å². The minimum atomic E-state index is -0.138. The lowest BCUT2D eigenvalue weighted by Gasteiger charge is -2.31. The summed E-state index contributed by atoms with van der Waals surface area (Å²) < 4.78 is 2.45. The van der Waals surface area contributed by atoms with Crippen LogP contribution in [0.1, 0.15) is 49.9 Å². The van der Waals surface area contributed by atoms with E-state index in [1.807, 2.05) is 0 Å². The van der Waals surface area contributed by atoms with Gasteiger partial charge in [-0.1, -0.05) is 161 Å². The van der Waals surface area contributed by atoms with Crippen molar-refractivity contribution in [2.75, 3.05) is 4.90 Å². The molecule has 2 heteroatoms. The van der Waals surface area contributed by atoms with E-state index < -0.39 is 0 Å². The van der Waals surface area contributed by atoms with Gasteiger partial charge in [0.15, 0.2) is 0 Å². The number of hydrogen-bond acceptors (Lipinski definition) is 1. The average Bonchev–Trinajstić information content (AvgIpc) is 3.79. The average molecular weight is 719 g/mol. The molecule has 0 fully saturated rings. The van der Waals surface area contributed by atoms with Crippen molar-refractivity contribution in [1.29, 1.82) is 0 Å². The van der Waals surface area contributed by atoms with Gasteiger partial charge >= 0.3 is 0 Å². The van der Waals surface area contributed by atoms with Gasteiger partial charge in [0.05, 0.1) is 16.7 Å². The summed E-state index contributed by atoms with van der Waals surface area (Å²) in [4.78, 5) is 2.54. The quantitative estimate of drug-likeness (QED) is 0.172. The van der Waals surface area contributed by atoms with Crippen LogP contribution in [0.5, 0.6) is 0 Å². The Morgan fingerprint density at radius 1 is 0.393 bits per heavy atom. The summed E-state index contributed by atoms with van der Waals surface area (Å²) in [5.74, 6) is 0. The molecule has 0 N–H and O–H groups in total. The minimum Gasteiger partial charge on any atom is -0.310 e. The molecule has 0 atom stereocenters. The van der Waals surface area contributed by atoms with E-state index >= 15 is 0 Å². The maximum Gasteiger partial charge on any atom is 0.0543 e. The van der Waals surface area contributed by atoms with E-state index in [0.717, 1.165) is 17.1 Å². The van der Waals surface area contributed by atoms with Crippen molar-refractivity contribution in [1.82, 2.24) is 4.57 Å². The Morgan fingerprint density at radius 3 is 1.70 bits per heavy atom. The van der Waals surface area contributed by atoms with Crippen molar-refractivity contribution in [3.8, 4) is 39.1 Å². The van der Waals surface area contributed by atoms with E-state index in [1.54, 1.807) is 0 Å². The number of rotatable bonds is 5. The highest BCUT2D eigenvalue weighted by Crippen LogP contribution is 2.56. The number of aromatic nitrogens is 1. The molecular formula is C54H42N2. The molecule has 0 aliphatic heterocycles. The molecule has 2 aliphatic carbocycles. The molecule has 0 saturated heterocycles. The Balaban J connectivity index is 1.23. The van der Waals surface area contributed by atoms with Crippen LogP contribution < -0.4 is 4.90 Å². The molecule has 268 valence electrons. The fraction of sp³-hybridized carbons (Fsp3) is 0.111. The molecule has 8 aromatic carbocycles. The summed E-state index contributed by atoms with van der Waals surface area (Å²) in [6, 6.07) is 67.7. The summed E-state index contributed by atoms with van der Waals surface area (Å²) in [6.07, 6.45) is 0. The predicted octanol–water partition coefficient (Wildman–Crippen LogP) is 14.5. The maximum atomic E-state index is 2.54. The van der Waals surface area contributed by atoms with Crippen LogP contribution in [0.15, 0.2) is 182 Å². The zero-order chi connectivity index (χ0) is 37.8. The third kappa shape index (κ3) is 4.62. The summed E-state index contributed by atoms with van der Waals surface area (Å²) in [5, 5.41) is 2.51. The maximum absolute atomic E-state index is 2.54. The highest BCUT2D eigenvalue weighted by molar-refractivity contribution is 6.09. The smallest absolute Gasteiger partial charge is 0.0543 e. The first kappa shape index (κ1) is 32.8. The van der Waals surface area contributed by atoms with Gasteiger partial charge in [0.25, 0.3) is 0 Å². The Labute approximate surface area is 328 Å². The summed E-state index contributed by atoms with van der Waals surface area (Å²) >= 11 is 0. The van der Waals surface area contributed by atoms with Crippen LogP contribution >= 0.6 is 0 Å². The van der Waals surface area contributed by atoms with Crippen LogP contribution in [-0.2, 0) is 10.8 Å². The first-order valence-electron chi connectivity index (χ1n) is 19.8. The highest BCUT2D eigenvalue weighted by Gasteiger charge is 2.39. The van der Waals surface area contributed by atoms with Gasteiger partial charge in [-0.2, -0.15) is 0 Å². The second-order valence-corrected chi connectivity index (χ2v) is 16.6. The zero-order valence-corrected chi connectivity index (χ0v) is 32.2. The molecular weight excluding hydrogens is 677 g/mol. The van der Waals surface area contributed by atoms with Gasteiger partial charge in [0.2, 0.25) is 0 Å². The number of benzene rings is 8. The standard InChI is InChI=1S/C54H42N2/c1-53(2)46-24-13-9-22-44(46)52-47(53)25-16-28-51(52)55(37-29-30-41-40-19-8-12-23-45(40)54(3,4)48(41)34-37)38-31-36(35-17-6-5-7-18-35)32-39(33-38)56-49-26-14-10-20-42(49)43-21-11-15-27-50(43)56/h5-34H,1-4H3. The predicted molar refractivity (Wildman–Crippen MR) is 236 cm³/mol. The van der Waals surface area contributed by atoms with Crippen LogP contribution in [0.4, 0.5) is 17.1 Å². The van der Waals surface area contributed by atoms with Gasteiger partial charge in [-0.25, -0.2) is 0 Å². The topological polar surface area (TPSA) is 8.17 Å². The lowest BCUT2D eigenvalue weighted by molar-refractivity contribution is 0.660. The molecule has 1 aromatic heterocycles. The van der Waals surface area contributed by atoms with Gasteiger partial charge in [0.1, 0.15) is 0 Å². The Kier molecular flexibility index (Phi) is 6.98. The lowest BCUT2D eigenvalue weighted by Crippen LogP contribution is -2.18. The largest absolute Gasteiger partial charge is 0.310 e. The second-order valence-electron chi connectivity index (χ2n) is 16.6. The van der Waals surface area contributed by atoms with Gasteiger partial charge in [0, 0.05) is 44.2 Å². The van der Waals surface area contributed by atoms with E-state index in [2.05, 4.69) is 219 Å². The van der Waals surface area contributed by atoms with Crippen molar-refractivity contribution < 1.29 is 0 Å². The molecule has 0 bridgehead atoms. The molecule has 1 heterocycles. The molecule has 0 unspecified atom stereocenters. The van der Waals surface area contributed by atoms with Crippen LogP contribution in [0.2, 0.25) is 0 Å². The molecule has 0 radical (unpaired) electrons. The zero-order valence-electron chi connectivity index (χ0n) is 32.2. The van der Waals surface area contributed by atoms with E-state index in [1.165, 1.54) is 83.1 Å². The minimum absolute atomic E-state index is 0.130. The molecule has 56 heavy (non-hydrogen) atoms. The normalized spacial score (nSPS) is 14.4. The van der Waals surface area contributed by atoms with E-state index in [-0.39, 0.29) is 10.8 Å². The Hall–Kier alpha value is -6.64. The van der Waals surface area contributed by atoms with Gasteiger partial charge < -0.3 is 9.47 Å². The van der Waals surface area contributed by atoms with E-state index in [0.29, 0.717) is 0 Å². The molecule has 2 nitrogen and oxygen atoms in total. The van der Waals surface area contributed by atoms with Gasteiger partial charge in [-0.3, -0.25) is 0 Å². The van der Waals surface area contributed by atoms with Crippen LogP contribution in [0.3, 0.4) is 0 Å². The lowest BCUT2D eigenvalue weighted by atomic mass is 9.82. The fourth-order valence-electron chi connectivity index (χ4n) is 10.0. The molecule has 9 aromatic rings. The third-order valence-electron chi connectivity index (χ3n) is 12.8. The Morgan fingerprint density at radius 2 is 0.964 bits per heavy atom. The van der Waals surface area contributed by atoms with E-state index in [9.17, 15) is 0 Å². The third-order valence-corrected chi connectivity index (χ3v) is 12.8. The first-order chi connectivity index (χ1) is 27.3.